The van der Waals surface area contributed by atoms with Crippen LogP contribution in [0.5, 0.6) is 0 Å². The van der Waals surface area contributed by atoms with E-state index in [9.17, 15) is 32.5 Å². The van der Waals surface area contributed by atoms with Crippen LogP contribution in [0.4, 0.5) is 4.79 Å². The van der Waals surface area contributed by atoms with Crippen molar-refractivity contribution < 1.29 is 37.2 Å². The number of nitrogens with one attached hydrogen (secondary N) is 3. The first-order valence-electron chi connectivity index (χ1n) is 12.7. The smallest absolute Gasteiger partial charge is 0.408 e. The predicted octanol–water partition coefficient (Wildman–Crippen LogP) is 0.0702. The molecule has 3 aliphatic rings. The first-order valence-corrected chi connectivity index (χ1v) is 14.2. The van der Waals surface area contributed by atoms with Gasteiger partial charge in [0, 0.05) is 25.6 Å². The van der Waals surface area contributed by atoms with Gasteiger partial charge in [-0.2, -0.15) is 13.7 Å². The summed E-state index contributed by atoms with van der Waals surface area (Å²) in [6.45, 7) is 5.43. The fourth-order valence-corrected chi connectivity index (χ4v) is 6.02. The fraction of sp³-hybridized carbons (Fsp3) is 0.826. The fourth-order valence-electron chi connectivity index (χ4n) is 5.42. The lowest BCUT2D eigenvalue weighted by molar-refractivity contribution is -0.126. The zero-order chi connectivity index (χ0) is 27.4. The van der Waals surface area contributed by atoms with Gasteiger partial charge in [-0.1, -0.05) is 13.8 Å². The van der Waals surface area contributed by atoms with Crippen LogP contribution in [0.25, 0.3) is 0 Å². The summed E-state index contributed by atoms with van der Waals surface area (Å²) >= 11 is 0. The van der Waals surface area contributed by atoms with Gasteiger partial charge in [-0.15, -0.1) is 0 Å². The van der Waals surface area contributed by atoms with Gasteiger partial charge in [-0.3, -0.25) is 14.1 Å². The molecule has 14 heteroatoms. The van der Waals surface area contributed by atoms with Gasteiger partial charge in [-0.25, -0.2) is 4.79 Å². The van der Waals surface area contributed by atoms with Crippen LogP contribution < -0.4 is 16.0 Å². The summed E-state index contributed by atoms with van der Waals surface area (Å²) in [5.74, 6) is -1.77. The molecular weight excluding hydrogens is 506 g/mol. The lowest BCUT2D eigenvalue weighted by Gasteiger charge is -2.50. The molecular formula is C23H37N5O8S. The number of likely N-dealkylation sites (tertiary alicyclic amines) is 1. The van der Waals surface area contributed by atoms with Crippen LogP contribution in [0.3, 0.4) is 0 Å². The van der Waals surface area contributed by atoms with E-state index in [1.54, 1.807) is 4.90 Å². The van der Waals surface area contributed by atoms with Gasteiger partial charge >= 0.3 is 6.09 Å². The Morgan fingerprint density at radius 2 is 1.92 bits per heavy atom. The normalized spacial score (nSPS) is 23.9. The molecule has 0 radical (unpaired) electrons. The standard InChI is InChI=1S/C23H37N5O8S/c1-14(2)9-17(27-22(32)36-16-11-23(12-16)4-7-28(13-24)8-5-23)20(30)26-18(21(31)37(33,34)35)10-15-3-6-25-19(15)29/h14-18,21,31H,3-12H2,1-2H3,(H,25,29)(H,26,30)(H,27,32)(H,33,34,35)/t15-,17-,18-,21+/m0/s1. The Labute approximate surface area is 217 Å². The van der Waals surface area contributed by atoms with Gasteiger partial charge in [0.2, 0.25) is 17.3 Å². The van der Waals surface area contributed by atoms with Crippen LogP contribution in [-0.2, 0) is 24.4 Å². The van der Waals surface area contributed by atoms with Gasteiger partial charge in [0.15, 0.2) is 6.19 Å². The van der Waals surface area contributed by atoms with Crippen molar-refractivity contribution in [3.8, 4) is 6.19 Å². The number of carbonyl (C=O) groups is 3. The zero-order valence-corrected chi connectivity index (χ0v) is 22.0. The average Bonchev–Trinajstić information content (AvgIpc) is 3.20. The van der Waals surface area contributed by atoms with Crippen molar-refractivity contribution in [2.24, 2.45) is 17.3 Å². The van der Waals surface area contributed by atoms with Crippen molar-refractivity contribution in [3.63, 3.8) is 0 Å². The molecule has 4 atom stereocenters. The van der Waals surface area contributed by atoms with Crippen LogP contribution in [0.2, 0.25) is 0 Å². The van der Waals surface area contributed by atoms with Crippen molar-refractivity contribution in [2.75, 3.05) is 19.6 Å². The highest BCUT2D eigenvalue weighted by Crippen LogP contribution is 2.50. The minimum absolute atomic E-state index is 0.0288. The van der Waals surface area contributed by atoms with Crippen molar-refractivity contribution in [3.05, 3.63) is 0 Å². The predicted molar refractivity (Wildman–Crippen MR) is 130 cm³/mol. The molecule has 0 aromatic rings. The number of amides is 3. The summed E-state index contributed by atoms with van der Waals surface area (Å²) in [5, 5.41) is 26.7. The monoisotopic (exact) mass is 543 g/mol. The highest BCUT2D eigenvalue weighted by molar-refractivity contribution is 7.86. The second-order valence-corrected chi connectivity index (χ2v) is 12.4. The van der Waals surface area contributed by atoms with Crippen LogP contribution >= 0.6 is 0 Å². The van der Waals surface area contributed by atoms with Gasteiger partial charge in [-0.05, 0) is 56.3 Å². The third-order valence-corrected chi connectivity index (χ3v) is 8.49. The molecule has 2 heterocycles. The van der Waals surface area contributed by atoms with Crippen LogP contribution in [0.1, 0.15) is 58.8 Å². The number of piperidine rings is 1. The molecule has 5 N–H and O–H groups in total. The molecule has 0 bridgehead atoms. The van der Waals surface area contributed by atoms with Gasteiger partial charge in [0.05, 0.1) is 6.04 Å². The SMILES string of the molecule is CC(C)C[C@H](NC(=O)OC1CC2(CCN(C#N)CC2)C1)C(=O)N[C@@H](C[C@@H]1CCNC1=O)[C@H](O)S(=O)(=O)O. The Balaban J connectivity index is 1.58. The number of hydrogen-bond acceptors (Lipinski definition) is 9. The van der Waals surface area contributed by atoms with Crippen LogP contribution in [0, 0.1) is 28.7 Å². The van der Waals surface area contributed by atoms with E-state index in [0.29, 0.717) is 38.9 Å². The summed E-state index contributed by atoms with van der Waals surface area (Å²) in [7, 11) is -4.93. The highest BCUT2D eigenvalue weighted by Gasteiger charge is 2.48. The third kappa shape index (κ3) is 7.68. The lowest BCUT2D eigenvalue weighted by Crippen LogP contribution is -2.56. The number of hydrogen-bond donors (Lipinski definition) is 5. The molecule has 0 aromatic carbocycles. The minimum Gasteiger partial charge on any atom is -0.446 e. The molecule has 3 rings (SSSR count). The topological polar surface area (TPSA) is 198 Å². The maximum Gasteiger partial charge on any atom is 0.408 e. The Morgan fingerprint density at radius 1 is 1.27 bits per heavy atom. The summed E-state index contributed by atoms with van der Waals surface area (Å²) in [6, 6.07) is -2.55. The van der Waals surface area contributed by atoms with Crippen molar-refractivity contribution >= 4 is 28.0 Å². The maximum atomic E-state index is 13.1. The second-order valence-electron chi connectivity index (χ2n) is 10.9. The van der Waals surface area contributed by atoms with E-state index in [1.807, 2.05) is 13.8 Å². The van der Waals surface area contributed by atoms with E-state index in [0.717, 1.165) is 12.8 Å². The highest BCUT2D eigenvalue weighted by atomic mass is 32.2. The third-order valence-electron chi connectivity index (χ3n) is 7.55. The second kappa shape index (κ2) is 11.8. The lowest BCUT2D eigenvalue weighted by atomic mass is 9.61. The molecule has 1 saturated carbocycles. The molecule has 0 aromatic heterocycles. The van der Waals surface area contributed by atoms with Crippen LogP contribution in [-0.4, -0.2) is 84.1 Å². The maximum absolute atomic E-state index is 13.1. The Kier molecular flexibility index (Phi) is 9.25. The van der Waals surface area contributed by atoms with Gasteiger partial charge < -0.3 is 30.7 Å². The molecule has 37 heavy (non-hydrogen) atoms. The van der Waals surface area contributed by atoms with Gasteiger partial charge in [0.25, 0.3) is 10.1 Å². The van der Waals surface area contributed by atoms with Crippen LogP contribution in [0.15, 0.2) is 0 Å². The molecule has 3 fully saturated rings. The molecule has 0 unspecified atom stereocenters. The summed E-state index contributed by atoms with van der Waals surface area (Å²) in [5.41, 5.74) is -2.27. The van der Waals surface area contributed by atoms with E-state index in [2.05, 4.69) is 22.1 Å². The first kappa shape index (κ1) is 28.9. The minimum atomic E-state index is -4.93. The number of nitrogens with zero attached hydrogens (tertiary/aromatic N) is 2. The number of aliphatic hydroxyl groups excluding tert-OH is 1. The van der Waals surface area contributed by atoms with E-state index in [1.165, 1.54) is 0 Å². The van der Waals surface area contributed by atoms with E-state index >= 15 is 0 Å². The van der Waals surface area contributed by atoms with E-state index in [-0.39, 0.29) is 36.2 Å². The van der Waals surface area contributed by atoms with Crippen molar-refractivity contribution in [1.82, 2.24) is 20.9 Å². The molecule has 2 saturated heterocycles. The van der Waals surface area contributed by atoms with Crippen molar-refractivity contribution in [1.29, 1.82) is 5.26 Å². The number of aliphatic hydroxyl groups is 1. The summed E-state index contributed by atoms with van der Waals surface area (Å²) in [6.07, 6.45) is 4.55. The van der Waals surface area contributed by atoms with E-state index in [4.69, 9.17) is 10.00 Å². The Hall–Kier alpha value is -2.63. The number of alkyl carbamates (subject to hydrolysis) is 1. The number of ether oxygens (including phenoxy) is 1. The van der Waals surface area contributed by atoms with Gasteiger partial charge in [0.1, 0.15) is 12.1 Å². The number of nitriles is 1. The average molecular weight is 544 g/mol. The largest absolute Gasteiger partial charge is 0.446 e. The molecule has 3 amide bonds. The van der Waals surface area contributed by atoms with Crippen molar-refractivity contribution in [2.45, 2.75) is 82.4 Å². The Morgan fingerprint density at radius 3 is 2.43 bits per heavy atom. The number of carbonyl (C=O) groups excluding carboxylic acids is 3. The molecule has 13 nitrogen and oxygen atoms in total. The molecule has 1 aliphatic carbocycles. The molecule has 1 spiro atoms. The summed E-state index contributed by atoms with van der Waals surface area (Å²) < 4.78 is 38.1. The molecule has 2 aliphatic heterocycles. The first-order chi connectivity index (χ1) is 17.3. The molecule has 208 valence electrons. The zero-order valence-electron chi connectivity index (χ0n) is 21.2. The number of rotatable bonds is 10. The van der Waals surface area contributed by atoms with E-state index < -0.39 is 45.6 Å². The Bertz CT molecular complexity index is 997. The summed E-state index contributed by atoms with van der Waals surface area (Å²) in [4.78, 5) is 39.4. The quantitative estimate of drug-likeness (QED) is 0.186.